The summed E-state index contributed by atoms with van der Waals surface area (Å²) in [5.41, 5.74) is 3.29. The molecule has 0 fully saturated rings. The molecule has 0 saturated heterocycles. The molecular weight excluding hydrogens is 257 g/mol. The zero-order valence-corrected chi connectivity index (χ0v) is 11.2. The van der Waals surface area contributed by atoms with Crippen molar-refractivity contribution in [2.75, 3.05) is 0 Å². The second kappa shape index (κ2) is 5.79. The summed E-state index contributed by atoms with van der Waals surface area (Å²) in [5.74, 6) is 5.24. The molecule has 0 amide bonds. The fourth-order valence-electron chi connectivity index (χ4n) is 1.81. The summed E-state index contributed by atoms with van der Waals surface area (Å²) in [7, 11) is 0. The number of hydrogen-bond acceptors (Lipinski definition) is 3. The minimum Gasteiger partial charge on any atom is -0.406 e. The number of alkyl halides is 3. The fourth-order valence-corrected chi connectivity index (χ4v) is 1.81. The zero-order chi connectivity index (χ0) is 14.7. The van der Waals surface area contributed by atoms with Crippen LogP contribution < -0.4 is 16.0 Å². The van der Waals surface area contributed by atoms with Crippen LogP contribution >= 0.6 is 0 Å². The monoisotopic (exact) mass is 276 g/mol. The molecule has 1 aromatic carbocycles. The Morgan fingerprint density at radius 2 is 1.89 bits per heavy atom. The van der Waals surface area contributed by atoms with Crippen molar-refractivity contribution < 1.29 is 17.9 Å². The van der Waals surface area contributed by atoms with E-state index in [1.165, 1.54) is 18.2 Å². The molecule has 0 radical (unpaired) electrons. The van der Waals surface area contributed by atoms with Gasteiger partial charge in [-0.1, -0.05) is 32.9 Å². The topological polar surface area (TPSA) is 47.3 Å². The van der Waals surface area contributed by atoms with Gasteiger partial charge in [-0.05, 0) is 29.5 Å². The lowest BCUT2D eigenvalue weighted by Crippen LogP contribution is -2.31. The summed E-state index contributed by atoms with van der Waals surface area (Å²) in [6.45, 7) is 6.11. The Morgan fingerprint density at radius 1 is 1.26 bits per heavy atom. The number of halogens is 3. The third-order valence-corrected chi connectivity index (χ3v) is 2.51. The second-order valence-corrected chi connectivity index (χ2v) is 5.60. The van der Waals surface area contributed by atoms with Gasteiger partial charge in [0.2, 0.25) is 0 Å². The maximum absolute atomic E-state index is 12.2. The van der Waals surface area contributed by atoms with E-state index in [0.29, 0.717) is 12.0 Å². The van der Waals surface area contributed by atoms with Gasteiger partial charge in [-0.3, -0.25) is 11.3 Å². The highest BCUT2D eigenvalue weighted by Crippen LogP contribution is 2.31. The molecule has 108 valence electrons. The summed E-state index contributed by atoms with van der Waals surface area (Å²) in [4.78, 5) is 0. The minimum absolute atomic E-state index is 0.00206. The van der Waals surface area contributed by atoms with E-state index in [0.717, 1.165) is 0 Å². The Labute approximate surface area is 110 Å². The van der Waals surface area contributed by atoms with Crippen LogP contribution in [-0.4, -0.2) is 6.36 Å². The maximum Gasteiger partial charge on any atom is 0.573 e. The quantitative estimate of drug-likeness (QED) is 0.653. The molecule has 1 unspecified atom stereocenters. The normalized spacial score (nSPS) is 14.3. The maximum atomic E-state index is 12.2. The van der Waals surface area contributed by atoms with Gasteiger partial charge < -0.3 is 4.74 Å². The predicted molar refractivity (Wildman–Crippen MR) is 67.3 cm³/mol. The van der Waals surface area contributed by atoms with Gasteiger partial charge in [0.1, 0.15) is 5.75 Å². The first kappa shape index (κ1) is 15.8. The molecule has 19 heavy (non-hydrogen) atoms. The van der Waals surface area contributed by atoms with Crippen LogP contribution in [0, 0.1) is 5.41 Å². The molecule has 1 aromatic rings. The van der Waals surface area contributed by atoms with Crippen LogP contribution in [-0.2, 0) is 0 Å². The second-order valence-electron chi connectivity index (χ2n) is 5.60. The van der Waals surface area contributed by atoms with Crippen LogP contribution in [0.5, 0.6) is 5.75 Å². The van der Waals surface area contributed by atoms with E-state index in [2.05, 4.69) is 10.2 Å². The zero-order valence-electron chi connectivity index (χ0n) is 11.2. The van der Waals surface area contributed by atoms with E-state index in [1.807, 2.05) is 20.8 Å². The fraction of sp³-hybridized carbons (Fsp3) is 0.538. The molecule has 0 aromatic heterocycles. The molecule has 6 heteroatoms. The Hall–Kier alpha value is -1.27. The van der Waals surface area contributed by atoms with Crippen molar-refractivity contribution in [1.29, 1.82) is 0 Å². The van der Waals surface area contributed by atoms with Crippen LogP contribution in [0.15, 0.2) is 24.3 Å². The van der Waals surface area contributed by atoms with Gasteiger partial charge in [-0.25, -0.2) is 0 Å². The van der Waals surface area contributed by atoms with Crippen LogP contribution in [0.4, 0.5) is 13.2 Å². The van der Waals surface area contributed by atoms with Crippen LogP contribution in [0.25, 0.3) is 0 Å². The van der Waals surface area contributed by atoms with Gasteiger partial charge in [-0.15, -0.1) is 13.2 Å². The van der Waals surface area contributed by atoms with Gasteiger partial charge in [0.15, 0.2) is 0 Å². The molecule has 0 heterocycles. The van der Waals surface area contributed by atoms with E-state index in [-0.39, 0.29) is 17.2 Å². The molecule has 3 N–H and O–H groups in total. The number of benzene rings is 1. The first-order chi connectivity index (χ1) is 8.61. The third-order valence-electron chi connectivity index (χ3n) is 2.51. The van der Waals surface area contributed by atoms with Gasteiger partial charge in [-0.2, -0.15) is 0 Å². The van der Waals surface area contributed by atoms with Crippen molar-refractivity contribution in [2.45, 2.75) is 39.6 Å². The molecule has 1 rings (SSSR count). The summed E-state index contributed by atoms with van der Waals surface area (Å²) < 4.78 is 40.4. The molecule has 0 aliphatic rings. The largest absolute Gasteiger partial charge is 0.573 e. The summed E-state index contributed by atoms with van der Waals surface area (Å²) in [6.07, 6.45) is -3.99. The van der Waals surface area contributed by atoms with Gasteiger partial charge in [0, 0.05) is 6.04 Å². The number of nitrogens with two attached hydrogens (primary N) is 1. The Kier molecular flexibility index (Phi) is 4.81. The third kappa shape index (κ3) is 5.94. The standard InChI is InChI=1S/C13H19F3N2O/c1-12(2,3)8-11(18-17)9-5-4-6-10(7-9)19-13(14,15)16/h4-7,11,18H,8,17H2,1-3H3. The van der Waals surface area contributed by atoms with E-state index < -0.39 is 6.36 Å². The van der Waals surface area contributed by atoms with Crippen molar-refractivity contribution in [2.24, 2.45) is 11.3 Å². The lowest BCUT2D eigenvalue weighted by molar-refractivity contribution is -0.274. The molecule has 0 bridgehead atoms. The lowest BCUT2D eigenvalue weighted by atomic mass is 9.86. The molecule has 0 spiro atoms. The van der Waals surface area contributed by atoms with Crippen molar-refractivity contribution in [3.05, 3.63) is 29.8 Å². The number of hydrogen-bond donors (Lipinski definition) is 2. The summed E-state index contributed by atoms with van der Waals surface area (Å²) >= 11 is 0. The number of ether oxygens (including phenoxy) is 1. The highest BCUT2D eigenvalue weighted by atomic mass is 19.4. The molecule has 0 aliphatic heterocycles. The predicted octanol–water partition coefficient (Wildman–Crippen LogP) is 3.53. The number of hydrazine groups is 1. The van der Waals surface area contributed by atoms with E-state index >= 15 is 0 Å². The van der Waals surface area contributed by atoms with Crippen molar-refractivity contribution in [3.63, 3.8) is 0 Å². The van der Waals surface area contributed by atoms with Crippen molar-refractivity contribution >= 4 is 0 Å². The first-order valence-electron chi connectivity index (χ1n) is 5.92. The minimum atomic E-state index is -4.69. The molecule has 0 saturated carbocycles. The molecule has 3 nitrogen and oxygen atoms in total. The molecule has 1 atom stereocenters. The Bertz CT molecular complexity index is 413. The van der Waals surface area contributed by atoms with Crippen LogP contribution in [0.1, 0.15) is 38.8 Å². The average molecular weight is 276 g/mol. The number of rotatable bonds is 4. The SMILES string of the molecule is CC(C)(C)CC(NN)c1cccc(OC(F)(F)F)c1. The Balaban J connectivity index is 2.90. The number of nitrogens with one attached hydrogen (secondary N) is 1. The van der Waals surface area contributed by atoms with Gasteiger partial charge >= 0.3 is 6.36 Å². The van der Waals surface area contributed by atoms with E-state index in [9.17, 15) is 13.2 Å². The van der Waals surface area contributed by atoms with Crippen molar-refractivity contribution in [3.8, 4) is 5.75 Å². The van der Waals surface area contributed by atoms with Gasteiger partial charge in [0.05, 0.1) is 0 Å². The van der Waals surface area contributed by atoms with E-state index in [1.54, 1.807) is 6.07 Å². The molecular formula is C13H19F3N2O. The lowest BCUT2D eigenvalue weighted by Gasteiger charge is -2.26. The smallest absolute Gasteiger partial charge is 0.406 e. The van der Waals surface area contributed by atoms with Crippen LogP contribution in [0.3, 0.4) is 0 Å². The van der Waals surface area contributed by atoms with Gasteiger partial charge in [0.25, 0.3) is 0 Å². The Morgan fingerprint density at radius 3 is 2.37 bits per heavy atom. The molecule has 0 aliphatic carbocycles. The highest BCUT2D eigenvalue weighted by molar-refractivity contribution is 5.30. The summed E-state index contributed by atoms with van der Waals surface area (Å²) in [5, 5.41) is 0. The van der Waals surface area contributed by atoms with E-state index in [4.69, 9.17) is 5.84 Å². The average Bonchev–Trinajstić information content (AvgIpc) is 2.22. The first-order valence-corrected chi connectivity index (χ1v) is 5.92. The van der Waals surface area contributed by atoms with Crippen LogP contribution in [0.2, 0.25) is 0 Å². The summed E-state index contributed by atoms with van der Waals surface area (Å²) in [6, 6.07) is 5.63. The van der Waals surface area contributed by atoms with Crippen molar-refractivity contribution in [1.82, 2.24) is 5.43 Å². The highest BCUT2D eigenvalue weighted by Gasteiger charge is 2.31.